The maximum Gasteiger partial charge on any atom is 0.311 e. The summed E-state index contributed by atoms with van der Waals surface area (Å²) in [5, 5.41) is 6.82. The number of carbonyl (C=O) groups excluding carboxylic acids is 2. The molecule has 0 unspecified atom stereocenters. The molecule has 2 aromatic heterocycles. The Kier molecular flexibility index (Phi) is 6.16. The zero-order valence-corrected chi connectivity index (χ0v) is 16.2. The van der Waals surface area contributed by atoms with Crippen molar-refractivity contribution in [1.29, 1.82) is 0 Å². The number of hydrogen-bond acceptors (Lipinski definition) is 6. The number of aromatic amines is 1. The number of ether oxygens (including phenoxy) is 1. The third-order valence-corrected chi connectivity index (χ3v) is 4.21. The first kappa shape index (κ1) is 20.6. The Hall–Kier alpha value is -4.08. The first-order valence-electron chi connectivity index (χ1n) is 8.82. The molecule has 0 aliphatic rings. The molecule has 0 atom stereocenters. The Morgan fingerprint density at radius 3 is 2.63 bits per heavy atom. The fourth-order valence-corrected chi connectivity index (χ4v) is 2.72. The van der Waals surface area contributed by atoms with Crippen LogP contribution < -0.4 is 11.0 Å². The number of aromatic nitrogens is 3. The number of halogens is 1. The number of rotatable bonds is 6. The highest BCUT2D eigenvalue weighted by Crippen LogP contribution is 2.11. The maximum absolute atomic E-state index is 13.2. The molecular formula is C20H18FN5O4. The van der Waals surface area contributed by atoms with Crippen LogP contribution in [0.3, 0.4) is 0 Å². The van der Waals surface area contributed by atoms with E-state index in [-0.39, 0.29) is 23.4 Å². The molecule has 154 valence electrons. The highest BCUT2D eigenvalue weighted by Gasteiger charge is 2.21. The lowest BCUT2D eigenvalue weighted by Gasteiger charge is -2.03. The molecule has 30 heavy (non-hydrogen) atoms. The third kappa shape index (κ3) is 4.49. The number of H-pyrrole nitrogens is 1. The highest BCUT2D eigenvalue weighted by molar-refractivity contribution is 6.02. The number of amides is 1. The first-order chi connectivity index (χ1) is 14.4. The molecule has 0 radical (unpaired) electrons. The summed E-state index contributed by atoms with van der Waals surface area (Å²) in [6.45, 7) is 1.52. The summed E-state index contributed by atoms with van der Waals surface area (Å²) in [6, 6.07) is 8.40. The fraction of sp³-hybridized carbons (Fsp3) is 0.150. The smallest absolute Gasteiger partial charge is 0.311 e. The lowest BCUT2D eigenvalue weighted by molar-refractivity contribution is -0.139. The Labute approximate surface area is 170 Å². The van der Waals surface area contributed by atoms with Gasteiger partial charge in [-0.25, -0.2) is 14.5 Å². The monoisotopic (exact) mass is 411 g/mol. The van der Waals surface area contributed by atoms with Gasteiger partial charge in [0.1, 0.15) is 5.82 Å². The van der Waals surface area contributed by atoms with E-state index in [9.17, 15) is 18.8 Å². The molecule has 1 amide bonds. The molecule has 0 fully saturated rings. The van der Waals surface area contributed by atoms with E-state index >= 15 is 0 Å². The lowest BCUT2D eigenvalue weighted by atomic mass is 10.1. The summed E-state index contributed by atoms with van der Waals surface area (Å²) in [6.07, 6.45) is 2.68. The van der Waals surface area contributed by atoms with E-state index < -0.39 is 23.3 Å². The van der Waals surface area contributed by atoms with Crippen molar-refractivity contribution in [3.63, 3.8) is 0 Å². The normalized spacial score (nSPS) is 11.2. The Balaban J connectivity index is 1.98. The molecule has 1 aromatic carbocycles. The van der Waals surface area contributed by atoms with Gasteiger partial charge in [0.05, 0.1) is 41.8 Å². The van der Waals surface area contributed by atoms with Gasteiger partial charge in [0.2, 0.25) is 0 Å². The number of benzene rings is 1. The van der Waals surface area contributed by atoms with Crippen LogP contribution in [0.2, 0.25) is 0 Å². The second-order valence-corrected chi connectivity index (χ2v) is 6.22. The van der Waals surface area contributed by atoms with Gasteiger partial charge in [0, 0.05) is 12.4 Å². The van der Waals surface area contributed by atoms with E-state index in [1.165, 1.54) is 50.7 Å². The van der Waals surface area contributed by atoms with Gasteiger partial charge < -0.3 is 4.74 Å². The summed E-state index contributed by atoms with van der Waals surface area (Å²) in [5.74, 6) is -1.54. The Bertz CT molecular complexity index is 1150. The van der Waals surface area contributed by atoms with Gasteiger partial charge in [-0.05, 0) is 43.3 Å². The quantitative estimate of drug-likeness (QED) is 0.363. The minimum atomic E-state index is -0.573. The number of hydrogen-bond donors (Lipinski definition) is 2. The van der Waals surface area contributed by atoms with Crippen LogP contribution in [-0.4, -0.2) is 39.5 Å². The maximum atomic E-state index is 13.2. The van der Waals surface area contributed by atoms with Crippen LogP contribution >= 0.6 is 0 Å². The minimum Gasteiger partial charge on any atom is -0.469 e. The predicted molar refractivity (Wildman–Crippen MR) is 106 cm³/mol. The fourth-order valence-electron chi connectivity index (χ4n) is 2.72. The van der Waals surface area contributed by atoms with Crippen LogP contribution in [0.25, 0.3) is 5.69 Å². The van der Waals surface area contributed by atoms with E-state index in [1.54, 1.807) is 12.1 Å². The number of hydrazone groups is 1. The predicted octanol–water partition coefficient (Wildman–Crippen LogP) is 1.57. The first-order valence-corrected chi connectivity index (χ1v) is 8.82. The SMILES string of the molecule is COC(=O)Cc1[nH]n(-c2ccc(F)cc2)c(=O)c1/C(C)=N/NC(=O)c1cccnc1. The van der Waals surface area contributed by atoms with Crippen molar-refractivity contribution in [2.75, 3.05) is 7.11 Å². The van der Waals surface area contributed by atoms with Crippen LogP contribution in [0.4, 0.5) is 4.39 Å². The van der Waals surface area contributed by atoms with E-state index in [1.807, 2.05) is 0 Å². The average molecular weight is 411 g/mol. The molecule has 2 N–H and O–H groups in total. The summed E-state index contributed by atoms with van der Waals surface area (Å²) in [4.78, 5) is 40.8. The largest absolute Gasteiger partial charge is 0.469 e. The standard InChI is InChI=1S/C20H18FN5O4/c1-12(23-24-19(28)13-4-3-9-22-11-13)18-16(10-17(27)30-2)25-26(20(18)29)15-7-5-14(21)6-8-15/h3-9,11,25H,10H2,1-2H3,(H,24,28)/b23-12+. The molecule has 0 aliphatic carbocycles. The van der Waals surface area contributed by atoms with E-state index in [0.717, 1.165) is 4.68 Å². The molecule has 10 heteroatoms. The molecule has 3 rings (SSSR count). The summed E-state index contributed by atoms with van der Waals surface area (Å²) >= 11 is 0. The molecule has 0 aliphatic heterocycles. The van der Waals surface area contributed by atoms with Crippen molar-refractivity contribution < 1.29 is 18.7 Å². The van der Waals surface area contributed by atoms with Crippen LogP contribution in [0.15, 0.2) is 58.7 Å². The van der Waals surface area contributed by atoms with Gasteiger partial charge in [-0.2, -0.15) is 5.10 Å². The van der Waals surface area contributed by atoms with E-state index in [2.05, 4.69) is 25.3 Å². The number of esters is 1. The summed E-state index contributed by atoms with van der Waals surface area (Å²) < 4.78 is 19.1. The van der Waals surface area contributed by atoms with E-state index in [0.29, 0.717) is 11.3 Å². The van der Waals surface area contributed by atoms with Crippen molar-refractivity contribution in [1.82, 2.24) is 20.2 Å². The zero-order valence-electron chi connectivity index (χ0n) is 16.2. The lowest BCUT2D eigenvalue weighted by Crippen LogP contribution is -2.24. The summed E-state index contributed by atoms with van der Waals surface area (Å²) in [7, 11) is 1.23. The number of nitrogens with zero attached hydrogens (tertiary/aromatic N) is 3. The number of methoxy groups -OCH3 is 1. The highest BCUT2D eigenvalue weighted by atomic mass is 19.1. The minimum absolute atomic E-state index is 0.0937. The van der Waals surface area contributed by atoms with Crippen LogP contribution in [0, 0.1) is 5.82 Å². The topological polar surface area (TPSA) is 118 Å². The Morgan fingerprint density at radius 2 is 2.00 bits per heavy atom. The van der Waals surface area contributed by atoms with Gasteiger partial charge >= 0.3 is 5.97 Å². The average Bonchev–Trinajstić information content (AvgIpc) is 3.08. The third-order valence-electron chi connectivity index (χ3n) is 4.21. The summed E-state index contributed by atoms with van der Waals surface area (Å²) in [5.41, 5.74) is 3.01. The molecule has 2 heterocycles. The zero-order chi connectivity index (χ0) is 21.7. The van der Waals surface area contributed by atoms with Gasteiger partial charge in [-0.1, -0.05) is 0 Å². The van der Waals surface area contributed by atoms with Gasteiger partial charge in [-0.3, -0.25) is 24.5 Å². The van der Waals surface area contributed by atoms with Crippen LogP contribution in [0.5, 0.6) is 0 Å². The van der Waals surface area contributed by atoms with Crippen molar-refractivity contribution in [2.45, 2.75) is 13.3 Å². The molecule has 0 saturated carbocycles. The molecule has 0 spiro atoms. The number of nitrogens with one attached hydrogen (secondary N) is 2. The second-order valence-electron chi connectivity index (χ2n) is 6.22. The molecule has 9 nitrogen and oxygen atoms in total. The van der Waals surface area contributed by atoms with Crippen LogP contribution in [0.1, 0.15) is 28.5 Å². The van der Waals surface area contributed by atoms with Crippen molar-refractivity contribution in [2.24, 2.45) is 5.10 Å². The van der Waals surface area contributed by atoms with Crippen molar-refractivity contribution in [3.8, 4) is 5.69 Å². The molecule has 0 saturated heterocycles. The van der Waals surface area contributed by atoms with Gasteiger partial charge in [-0.15, -0.1) is 0 Å². The number of carbonyl (C=O) groups is 2. The van der Waals surface area contributed by atoms with Crippen molar-refractivity contribution >= 4 is 17.6 Å². The van der Waals surface area contributed by atoms with Crippen molar-refractivity contribution in [3.05, 3.63) is 81.8 Å². The molecule has 0 bridgehead atoms. The Morgan fingerprint density at radius 1 is 1.27 bits per heavy atom. The van der Waals surface area contributed by atoms with Gasteiger partial charge in [0.15, 0.2) is 0 Å². The van der Waals surface area contributed by atoms with Gasteiger partial charge in [0.25, 0.3) is 11.5 Å². The number of pyridine rings is 1. The molecular weight excluding hydrogens is 393 g/mol. The van der Waals surface area contributed by atoms with E-state index in [4.69, 9.17) is 0 Å². The van der Waals surface area contributed by atoms with Crippen LogP contribution in [-0.2, 0) is 16.0 Å². The second kappa shape index (κ2) is 8.95. The molecule has 3 aromatic rings.